The molecular formula is C9H10Cl2O. The number of hydrogen-bond donors (Lipinski definition) is 0. The minimum absolute atomic E-state index is 0.541. The van der Waals surface area contributed by atoms with Gasteiger partial charge in [0.2, 0.25) is 0 Å². The Bertz CT molecular complexity index is 261. The molecule has 66 valence electrons. The van der Waals surface area contributed by atoms with E-state index in [1.54, 1.807) is 7.11 Å². The van der Waals surface area contributed by atoms with E-state index in [0.717, 1.165) is 11.1 Å². The Kier molecular flexibility index (Phi) is 3.39. The number of halogens is 2. The lowest BCUT2D eigenvalue weighted by Gasteiger charge is -2.04. The number of ether oxygens (including phenoxy) is 1. The topological polar surface area (TPSA) is 9.23 Å². The van der Waals surface area contributed by atoms with Crippen LogP contribution in [0.4, 0.5) is 0 Å². The van der Waals surface area contributed by atoms with E-state index in [4.69, 9.17) is 27.9 Å². The summed E-state index contributed by atoms with van der Waals surface area (Å²) in [7, 11) is 1.64. The molecule has 0 aliphatic heterocycles. The average molecular weight is 205 g/mol. The van der Waals surface area contributed by atoms with E-state index in [-0.39, 0.29) is 0 Å². The molecule has 1 aromatic carbocycles. The third-order valence-electron chi connectivity index (χ3n) is 1.65. The molecule has 3 heteroatoms. The molecule has 0 saturated carbocycles. The average Bonchev–Trinajstić information content (AvgIpc) is 2.01. The highest BCUT2D eigenvalue weighted by molar-refractivity contribution is 6.36. The molecule has 0 heterocycles. The summed E-state index contributed by atoms with van der Waals surface area (Å²) in [5, 5.41) is 1.38. The van der Waals surface area contributed by atoms with E-state index < -0.39 is 0 Å². The first-order chi connectivity index (χ1) is 5.65. The molecule has 1 rings (SSSR count). The SMILES string of the molecule is COCc1cc(Cl)c(C)c(Cl)c1. The molecule has 0 saturated heterocycles. The van der Waals surface area contributed by atoms with Gasteiger partial charge in [0.1, 0.15) is 0 Å². The number of methoxy groups -OCH3 is 1. The van der Waals surface area contributed by atoms with E-state index in [1.807, 2.05) is 19.1 Å². The van der Waals surface area contributed by atoms with Gasteiger partial charge in [0.25, 0.3) is 0 Å². The van der Waals surface area contributed by atoms with E-state index in [2.05, 4.69) is 0 Å². The van der Waals surface area contributed by atoms with Crippen LogP contribution in [0.2, 0.25) is 10.0 Å². The van der Waals surface area contributed by atoms with Crippen molar-refractivity contribution in [1.29, 1.82) is 0 Å². The fourth-order valence-corrected chi connectivity index (χ4v) is 1.48. The van der Waals surface area contributed by atoms with Crippen LogP contribution in [0.25, 0.3) is 0 Å². The zero-order valence-corrected chi connectivity index (χ0v) is 8.54. The first-order valence-electron chi connectivity index (χ1n) is 3.58. The maximum Gasteiger partial charge on any atom is 0.0714 e. The molecule has 12 heavy (non-hydrogen) atoms. The van der Waals surface area contributed by atoms with Gasteiger partial charge in [0.15, 0.2) is 0 Å². The molecule has 0 bridgehead atoms. The highest BCUT2D eigenvalue weighted by Crippen LogP contribution is 2.25. The van der Waals surface area contributed by atoms with Crippen LogP contribution in [0.5, 0.6) is 0 Å². The molecule has 1 nitrogen and oxygen atoms in total. The first-order valence-corrected chi connectivity index (χ1v) is 4.34. The molecule has 0 aliphatic carbocycles. The molecule has 0 aliphatic rings. The second kappa shape index (κ2) is 4.13. The smallest absolute Gasteiger partial charge is 0.0714 e. The summed E-state index contributed by atoms with van der Waals surface area (Å²) in [5.74, 6) is 0. The Morgan fingerprint density at radius 2 is 1.75 bits per heavy atom. The summed E-state index contributed by atoms with van der Waals surface area (Å²) in [6.07, 6.45) is 0. The van der Waals surface area contributed by atoms with Crippen molar-refractivity contribution in [3.05, 3.63) is 33.3 Å². The van der Waals surface area contributed by atoms with Gasteiger partial charge in [-0.1, -0.05) is 23.2 Å². The molecule has 0 fully saturated rings. The normalized spacial score (nSPS) is 10.3. The number of hydrogen-bond acceptors (Lipinski definition) is 1. The van der Waals surface area contributed by atoms with Crippen molar-refractivity contribution >= 4 is 23.2 Å². The Balaban J connectivity index is 3.04. The van der Waals surface area contributed by atoms with Crippen molar-refractivity contribution in [1.82, 2.24) is 0 Å². The summed E-state index contributed by atoms with van der Waals surface area (Å²) in [4.78, 5) is 0. The molecule has 0 amide bonds. The predicted octanol–water partition coefficient (Wildman–Crippen LogP) is 3.45. The lowest BCUT2D eigenvalue weighted by atomic mass is 10.1. The van der Waals surface area contributed by atoms with Gasteiger partial charge in [0.05, 0.1) is 6.61 Å². The van der Waals surface area contributed by atoms with Crippen molar-refractivity contribution in [3.8, 4) is 0 Å². The van der Waals surface area contributed by atoms with Crippen LogP contribution in [0.1, 0.15) is 11.1 Å². The van der Waals surface area contributed by atoms with Crippen LogP contribution in [-0.2, 0) is 11.3 Å². The van der Waals surface area contributed by atoms with Gasteiger partial charge < -0.3 is 4.74 Å². The minimum Gasteiger partial charge on any atom is -0.380 e. The fraction of sp³-hybridized carbons (Fsp3) is 0.333. The Hall–Kier alpha value is -0.240. The van der Waals surface area contributed by atoms with Crippen LogP contribution < -0.4 is 0 Å². The molecule has 0 unspecified atom stereocenters. The van der Waals surface area contributed by atoms with E-state index in [9.17, 15) is 0 Å². The summed E-state index contributed by atoms with van der Waals surface area (Å²) in [6, 6.07) is 3.73. The van der Waals surface area contributed by atoms with Crippen molar-refractivity contribution in [3.63, 3.8) is 0 Å². The van der Waals surface area contributed by atoms with Crippen LogP contribution in [0, 0.1) is 6.92 Å². The number of rotatable bonds is 2. The van der Waals surface area contributed by atoms with Crippen LogP contribution in [0.3, 0.4) is 0 Å². The van der Waals surface area contributed by atoms with Crippen molar-refractivity contribution in [2.75, 3.05) is 7.11 Å². The van der Waals surface area contributed by atoms with Crippen LogP contribution in [0.15, 0.2) is 12.1 Å². The lowest BCUT2D eigenvalue weighted by molar-refractivity contribution is 0.185. The summed E-state index contributed by atoms with van der Waals surface area (Å²) in [5.41, 5.74) is 1.91. The van der Waals surface area contributed by atoms with Gasteiger partial charge in [-0.05, 0) is 30.2 Å². The maximum atomic E-state index is 5.91. The zero-order valence-electron chi connectivity index (χ0n) is 7.03. The Morgan fingerprint density at radius 3 is 2.17 bits per heavy atom. The minimum atomic E-state index is 0.541. The summed E-state index contributed by atoms with van der Waals surface area (Å²) >= 11 is 11.8. The fourth-order valence-electron chi connectivity index (χ4n) is 0.948. The summed E-state index contributed by atoms with van der Waals surface area (Å²) < 4.78 is 4.96. The van der Waals surface area contributed by atoms with Gasteiger partial charge in [-0.3, -0.25) is 0 Å². The van der Waals surface area contributed by atoms with Crippen molar-refractivity contribution in [2.45, 2.75) is 13.5 Å². The van der Waals surface area contributed by atoms with Gasteiger partial charge in [0, 0.05) is 17.2 Å². The molecule has 0 N–H and O–H groups in total. The Morgan fingerprint density at radius 1 is 1.25 bits per heavy atom. The number of benzene rings is 1. The van der Waals surface area contributed by atoms with Gasteiger partial charge in [-0.25, -0.2) is 0 Å². The quantitative estimate of drug-likeness (QED) is 0.718. The molecule has 0 atom stereocenters. The molecule has 0 radical (unpaired) electrons. The van der Waals surface area contributed by atoms with Gasteiger partial charge >= 0.3 is 0 Å². The second-order valence-corrected chi connectivity index (χ2v) is 3.43. The highest BCUT2D eigenvalue weighted by atomic mass is 35.5. The zero-order chi connectivity index (χ0) is 9.14. The largest absolute Gasteiger partial charge is 0.380 e. The lowest BCUT2D eigenvalue weighted by Crippen LogP contribution is -1.89. The maximum absolute atomic E-state index is 5.91. The van der Waals surface area contributed by atoms with Crippen LogP contribution in [-0.4, -0.2) is 7.11 Å². The van der Waals surface area contributed by atoms with Crippen LogP contribution >= 0.6 is 23.2 Å². The first kappa shape index (κ1) is 9.85. The van der Waals surface area contributed by atoms with E-state index in [0.29, 0.717) is 16.7 Å². The van der Waals surface area contributed by atoms with Crippen molar-refractivity contribution in [2.24, 2.45) is 0 Å². The predicted molar refractivity (Wildman–Crippen MR) is 51.9 cm³/mol. The van der Waals surface area contributed by atoms with E-state index in [1.165, 1.54) is 0 Å². The summed E-state index contributed by atoms with van der Waals surface area (Å²) in [6.45, 7) is 2.43. The third kappa shape index (κ3) is 2.13. The molecular weight excluding hydrogens is 195 g/mol. The third-order valence-corrected chi connectivity index (χ3v) is 2.44. The molecule has 0 aromatic heterocycles. The van der Waals surface area contributed by atoms with Gasteiger partial charge in [-0.15, -0.1) is 0 Å². The molecule has 0 spiro atoms. The standard InChI is InChI=1S/C9H10Cl2O/c1-6-8(10)3-7(5-12-2)4-9(6)11/h3-4H,5H2,1-2H3. The van der Waals surface area contributed by atoms with E-state index >= 15 is 0 Å². The highest BCUT2D eigenvalue weighted by Gasteiger charge is 2.02. The van der Waals surface area contributed by atoms with Gasteiger partial charge in [-0.2, -0.15) is 0 Å². The Labute approximate surface area is 82.2 Å². The molecule has 1 aromatic rings. The van der Waals surface area contributed by atoms with Crippen molar-refractivity contribution < 1.29 is 4.74 Å². The monoisotopic (exact) mass is 204 g/mol. The second-order valence-electron chi connectivity index (χ2n) is 2.62.